The SMILES string of the molecule is CC(C)(C)C[C@H](Nc1nc(=O)oc2ccccc12)C(=O)NC1(C#N)CC1. The number of hydrogen-bond donors (Lipinski definition) is 2. The number of rotatable bonds is 5. The summed E-state index contributed by atoms with van der Waals surface area (Å²) in [6.07, 6.45) is 1.83. The van der Waals surface area contributed by atoms with Crippen LogP contribution in [0.5, 0.6) is 0 Å². The molecule has 1 aromatic heterocycles. The smallest absolute Gasteiger partial charge is 0.408 e. The van der Waals surface area contributed by atoms with Gasteiger partial charge in [0.25, 0.3) is 0 Å². The lowest BCUT2D eigenvalue weighted by Gasteiger charge is -2.27. The van der Waals surface area contributed by atoms with Gasteiger partial charge in [-0.25, -0.2) is 4.79 Å². The van der Waals surface area contributed by atoms with Crippen LogP contribution in [0.25, 0.3) is 11.0 Å². The Hall–Kier alpha value is -2.88. The molecule has 0 spiro atoms. The van der Waals surface area contributed by atoms with Crippen molar-refractivity contribution in [3.05, 3.63) is 34.8 Å². The van der Waals surface area contributed by atoms with Crippen molar-refractivity contribution >= 4 is 22.7 Å². The van der Waals surface area contributed by atoms with Crippen LogP contribution in [-0.4, -0.2) is 22.5 Å². The van der Waals surface area contributed by atoms with Crippen LogP contribution in [0.4, 0.5) is 5.82 Å². The number of fused-ring (bicyclic) bond motifs is 1. The normalized spacial score (nSPS) is 16.5. The van der Waals surface area contributed by atoms with Crippen molar-refractivity contribution in [1.29, 1.82) is 5.26 Å². The summed E-state index contributed by atoms with van der Waals surface area (Å²) in [5.41, 5.74) is -0.492. The highest BCUT2D eigenvalue weighted by atomic mass is 16.4. The minimum atomic E-state index is -0.750. The van der Waals surface area contributed by atoms with Crippen LogP contribution in [0, 0.1) is 16.7 Å². The number of aromatic nitrogens is 1. The predicted octanol–water partition coefficient (Wildman–Crippen LogP) is 2.58. The van der Waals surface area contributed by atoms with Crippen molar-refractivity contribution in [1.82, 2.24) is 10.3 Å². The molecule has 0 aliphatic heterocycles. The van der Waals surface area contributed by atoms with Gasteiger partial charge in [0.05, 0.1) is 11.5 Å². The van der Waals surface area contributed by atoms with Crippen molar-refractivity contribution in [2.75, 3.05) is 5.32 Å². The van der Waals surface area contributed by atoms with Crippen LogP contribution >= 0.6 is 0 Å². The number of carbonyl (C=O) groups excluding carboxylic acids is 1. The van der Waals surface area contributed by atoms with E-state index in [1.165, 1.54) is 0 Å². The summed E-state index contributed by atoms with van der Waals surface area (Å²) in [7, 11) is 0. The number of nitriles is 1. The van der Waals surface area contributed by atoms with Crippen molar-refractivity contribution in [2.24, 2.45) is 5.41 Å². The summed E-state index contributed by atoms with van der Waals surface area (Å²) in [6, 6.07) is 8.56. The van der Waals surface area contributed by atoms with Crippen molar-refractivity contribution in [3.63, 3.8) is 0 Å². The molecule has 0 saturated heterocycles. The Morgan fingerprint density at radius 1 is 1.38 bits per heavy atom. The van der Waals surface area contributed by atoms with Gasteiger partial charge < -0.3 is 15.1 Å². The van der Waals surface area contributed by atoms with Crippen LogP contribution in [0.15, 0.2) is 33.5 Å². The maximum absolute atomic E-state index is 12.8. The van der Waals surface area contributed by atoms with Crippen molar-refractivity contribution < 1.29 is 9.21 Å². The quantitative estimate of drug-likeness (QED) is 0.854. The molecule has 1 aliphatic rings. The minimum absolute atomic E-state index is 0.145. The Morgan fingerprint density at radius 2 is 2.08 bits per heavy atom. The van der Waals surface area contributed by atoms with Crippen LogP contribution in [0.2, 0.25) is 0 Å². The first kappa shape index (κ1) is 17.9. The second kappa shape index (κ2) is 6.45. The van der Waals surface area contributed by atoms with Gasteiger partial charge in [0.1, 0.15) is 23.0 Å². The minimum Gasteiger partial charge on any atom is -0.408 e. The van der Waals surface area contributed by atoms with Gasteiger partial charge in [0.15, 0.2) is 0 Å². The molecule has 1 amide bonds. The number of nitrogens with one attached hydrogen (secondary N) is 2. The first-order chi connectivity index (χ1) is 12.2. The lowest BCUT2D eigenvalue weighted by atomic mass is 9.87. The Balaban J connectivity index is 1.92. The fourth-order valence-corrected chi connectivity index (χ4v) is 2.83. The molecular formula is C19H22N4O3. The van der Waals surface area contributed by atoms with Crippen molar-refractivity contribution in [2.45, 2.75) is 51.6 Å². The van der Waals surface area contributed by atoms with E-state index in [4.69, 9.17) is 4.42 Å². The van der Waals surface area contributed by atoms with Crippen LogP contribution in [0.1, 0.15) is 40.0 Å². The highest BCUT2D eigenvalue weighted by molar-refractivity contribution is 5.91. The molecule has 7 nitrogen and oxygen atoms in total. The van der Waals surface area contributed by atoms with Crippen molar-refractivity contribution in [3.8, 4) is 6.07 Å². The Labute approximate surface area is 151 Å². The molecule has 0 radical (unpaired) electrons. The van der Waals surface area contributed by atoms with Gasteiger partial charge in [-0.3, -0.25) is 4.79 Å². The molecule has 3 rings (SSSR count). The van der Waals surface area contributed by atoms with Gasteiger partial charge in [-0.05, 0) is 36.8 Å². The van der Waals surface area contributed by atoms with Gasteiger partial charge in [-0.1, -0.05) is 32.9 Å². The monoisotopic (exact) mass is 354 g/mol. The fourth-order valence-electron chi connectivity index (χ4n) is 2.83. The molecule has 2 aromatic rings. The number of nitrogens with zero attached hydrogens (tertiary/aromatic N) is 2. The number of hydrogen-bond acceptors (Lipinski definition) is 6. The second-order valence-electron chi connectivity index (χ2n) is 7.97. The topological polar surface area (TPSA) is 108 Å². The molecule has 0 bridgehead atoms. The lowest BCUT2D eigenvalue weighted by molar-refractivity contribution is -0.123. The number of para-hydroxylation sites is 1. The first-order valence-electron chi connectivity index (χ1n) is 8.61. The number of carbonyl (C=O) groups is 1. The van der Waals surface area contributed by atoms with E-state index in [0.29, 0.717) is 36.0 Å². The highest BCUT2D eigenvalue weighted by Gasteiger charge is 2.46. The molecule has 7 heteroatoms. The molecule has 26 heavy (non-hydrogen) atoms. The average molecular weight is 354 g/mol. The third-order valence-electron chi connectivity index (χ3n) is 4.31. The van der Waals surface area contributed by atoms with Crippen LogP contribution < -0.4 is 16.4 Å². The fraction of sp³-hybridized carbons (Fsp3) is 0.474. The maximum Gasteiger partial charge on any atom is 0.441 e. The van der Waals surface area contributed by atoms with Gasteiger partial charge >= 0.3 is 5.76 Å². The van der Waals surface area contributed by atoms with E-state index < -0.39 is 17.3 Å². The van der Waals surface area contributed by atoms with Gasteiger partial charge in [0, 0.05) is 0 Å². The predicted molar refractivity (Wildman–Crippen MR) is 97.5 cm³/mol. The van der Waals surface area contributed by atoms with E-state index in [1.54, 1.807) is 18.2 Å². The lowest BCUT2D eigenvalue weighted by Crippen LogP contribution is -2.47. The van der Waals surface area contributed by atoms with E-state index >= 15 is 0 Å². The molecule has 1 aromatic carbocycles. The second-order valence-corrected chi connectivity index (χ2v) is 7.97. The summed E-state index contributed by atoms with van der Waals surface area (Å²) in [5.74, 6) is -0.682. The van der Waals surface area contributed by atoms with Gasteiger partial charge in [-0.2, -0.15) is 10.2 Å². The summed E-state index contributed by atoms with van der Waals surface area (Å²) >= 11 is 0. The third kappa shape index (κ3) is 4.02. The number of amides is 1. The van der Waals surface area contributed by atoms with Crippen LogP contribution in [-0.2, 0) is 4.79 Å². The van der Waals surface area contributed by atoms with Gasteiger partial charge in [0.2, 0.25) is 5.91 Å². The summed E-state index contributed by atoms with van der Waals surface area (Å²) < 4.78 is 5.10. The summed E-state index contributed by atoms with van der Waals surface area (Å²) in [4.78, 5) is 28.5. The molecule has 1 heterocycles. The largest absolute Gasteiger partial charge is 0.441 e. The first-order valence-corrected chi connectivity index (χ1v) is 8.61. The van der Waals surface area contributed by atoms with E-state index in [-0.39, 0.29) is 11.3 Å². The molecule has 1 aliphatic carbocycles. The zero-order valence-electron chi connectivity index (χ0n) is 15.1. The Morgan fingerprint density at radius 3 is 2.69 bits per heavy atom. The van der Waals surface area contributed by atoms with E-state index in [0.717, 1.165) is 0 Å². The standard InChI is InChI=1S/C19H22N4O3/c1-18(2,3)10-13(16(24)23-19(11-20)8-9-19)21-15-12-6-4-5-7-14(12)26-17(25)22-15/h4-7,13H,8-10H2,1-3H3,(H,23,24)(H,21,22,25)/t13-/m0/s1. The number of benzene rings is 1. The van der Waals surface area contributed by atoms with Crippen LogP contribution in [0.3, 0.4) is 0 Å². The van der Waals surface area contributed by atoms with E-state index in [1.807, 2.05) is 26.8 Å². The molecule has 136 valence electrons. The number of anilines is 1. The maximum atomic E-state index is 12.8. The molecular weight excluding hydrogens is 332 g/mol. The molecule has 0 unspecified atom stereocenters. The third-order valence-corrected chi connectivity index (χ3v) is 4.31. The molecule has 2 N–H and O–H groups in total. The van der Waals surface area contributed by atoms with E-state index in [2.05, 4.69) is 21.7 Å². The zero-order chi connectivity index (χ0) is 18.9. The molecule has 1 saturated carbocycles. The summed E-state index contributed by atoms with van der Waals surface area (Å²) in [5, 5.41) is 15.8. The average Bonchev–Trinajstić information content (AvgIpc) is 3.33. The van der Waals surface area contributed by atoms with E-state index in [9.17, 15) is 14.9 Å². The zero-order valence-corrected chi connectivity index (χ0v) is 15.1. The summed E-state index contributed by atoms with van der Waals surface area (Å²) in [6.45, 7) is 6.07. The molecule has 1 fully saturated rings. The Kier molecular flexibility index (Phi) is 4.45. The molecule has 1 atom stereocenters. The van der Waals surface area contributed by atoms with Gasteiger partial charge in [-0.15, -0.1) is 0 Å². The Bertz CT molecular complexity index is 932. The highest BCUT2D eigenvalue weighted by Crippen LogP contribution is 2.35.